The molecule has 1 aliphatic heterocycles. The molecule has 1 saturated heterocycles. The van der Waals surface area contributed by atoms with Crippen LogP contribution in [0.25, 0.3) is 5.69 Å². The van der Waals surface area contributed by atoms with Crippen molar-refractivity contribution in [2.24, 2.45) is 0 Å². The molecule has 7 heteroatoms. The molecule has 1 N–H and O–H groups in total. The number of morpholine rings is 1. The monoisotopic (exact) mass is 423 g/mol. The van der Waals surface area contributed by atoms with Gasteiger partial charge in [0.2, 0.25) is 0 Å². The van der Waals surface area contributed by atoms with Gasteiger partial charge in [0, 0.05) is 48.0 Å². The summed E-state index contributed by atoms with van der Waals surface area (Å²) in [5.41, 5.74) is 6.49. The van der Waals surface area contributed by atoms with E-state index in [9.17, 15) is 0 Å². The van der Waals surface area contributed by atoms with Gasteiger partial charge in [-0.2, -0.15) is 5.10 Å². The third-order valence-electron chi connectivity index (χ3n) is 6.26. The molecule has 30 heavy (non-hydrogen) atoms. The van der Waals surface area contributed by atoms with Crippen LogP contribution >= 0.6 is 11.3 Å². The van der Waals surface area contributed by atoms with Crippen molar-refractivity contribution in [3.8, 4) is 5.69 Å². The second kappa shape index (κ2) is 8.49. The largest absolute Gasteiger partial charge is 0.378 e. The van der Waals surface area contributed by atoms with E-state index in [-0.39, 0.29) is 0 Å². The van der Waals surface area contributed by atoms with Crippen LogP contribution in [-0.2, 0) is 17.7 Å². The molecule has 158 valence electrons. The number of aromatic nitrogens is 3. The summed E-state index contributed by atoms with van der Waals surface area (Å²) in [7, 11) is 0. The van der Waals surface area contributed by atoms with Crippen molar-refractivity contribution in [1.29, 1.82) is 0 Å². The molecule has 6 nitrogen and oxygen atoms in total. The Labute approximate surface area is 181 Å². The van der Waals surface area contributed by atoms with Gasteiger partial charge in [-0.15, -0.1) is 11.3 Å². The van der Waals surface area contributed by atoms with Crippen molar-refractivity contribution in [1.82, 2.24) is 20.1 Å². The highest BCUT2D eigenvalue weighted by molar-refractivity contribution is 7.15. The summed E-state index contributed by atoms with van der Waals surface area (Å²) in [4.78, 5) is 8.25. The summed E-state index contributed by atoms with van der Waals surface area (Å²) in [6, 6.07) is 6.96. The molecular weight excluding hydrogens is 394 g/mol. The molecule has 0 bridgehead atoms. The van der Waals surface area contributed by atoms with Crippen LogP contribution in [0.15, 0.2) is 30.6 Å². The first-order valence-electron chi connectivity index (χ1n) is 10.8. The molecule has 1 fully saturated rings. The SMILES string of the molecule is Cc1ccc(-n2ncc3c2CCC[C@H]3NCc2cnc(N3CCOCC3)s2)cc1C. The zero-order chi connectivity index (χ0) is 20.5. The van der Waals surface area contributed by atoms with Crippen LogP contribution in [0.5, 0.6) is 0 Å². The van der Waals surface area contributed by atoms with E-state index in [2.05, 4.69) is 58.1 Å². The van der Waals surface area contributed by atoms with Crippen molar-refractivity contribution in [2.45, 2.75) is 45.7 Å². The Morgan fingerprint density at radius 1 is 1.17 bits per heavy atom. The molecule has 0 saturated carbocycles. The van der Waals surface area contributed by atoms with Gasteiger partial charge in [0.1, 0.15) is 0 Å². The Balaban J connectivity index is 1.29. The fourth-order valence-electron chi connectivity index (χ4n) is 4.35. The highest BCUT2D eigenvalue weighted by atomic mass is 32.1. The quantitative estimate of drug-likeness (QED) is 0.673. The summed E-state index contributed by atoms with van der Waals surface area (Å²) in [6.07, 6.45) is 7.50. The Morgan fingerprint density at radius 2 is 2.03 bits per heavy atom. The predicted octanol–water partition coefficient (Wildman–Crippen LogP) is 3.95. The van der Waals surface area contributed by atoms with Crippen molar-refractivity contribution >= 4 is 16.5 Å². The van der Waals surface area contributed by atoms with Gasteiger partial charge in [-0.05, 0) is 56.4 Å². The molecule has 1 aromatic carbocycles. The van der Waals surface area contributed by atoms with E-state index in [1.165, 1.54) is 33.7 Å². The summed E-state index contributed by atoms with van der Waals surface area (Å²) in [6.45, 7) is 8.63. The van der Waals surface area contributed by atoms with Crippen LogP contribution in [0.1, 0.15) is 46.1 Å². The van der Waals surface area contributed by atoms with Crippen LogP contribution in [0.2, 0.25) is 0 Å². The van der Waals surface area contributed by atoms with Crippen molar-refractivity contribution in [3.05, 3.63) is 57.9 Å². The summed E-state index contributed by atoms with van der Waals surface area (Å²) >= 11 is 1.79. The average molecular weight is 424 g/mol. The summed E-state index contributed by atoms with van der Waals surface area (Å²) in [5.74, 6) is 0. The van der Waals surface area contributed by atoms with Gasteiger partial charge in [-0.1, -0.05) is 6.07 Å². The third-order valence-corrected chi connectivity index (χ3v) is 7.32. The van der Waals surface area contributed by atoms with Crippen molar-refractivity contribution < 1.29 is 4.74 Å². The molecule has 3 heterocycles. The van der Waals surface area contributed by atoms with E-state index in [0.29, 0.717) is 6.04 Å². The molecule has 1 aliphatic carbocycles. The topological polar surface area (TPSA) is 55.2 Å². The molecule has 0 radical (unpaired) electrons. The van der Waals surface area contributed by atoms with Crippen LogP contribution < -0.4 is 10.2 Å². The average Bonchev–Trinajstić information content (AvgIpc) is 3.42. The first-order chi connectivity index (χ1) is 14.7. The predicted molar refractivity (Wildman–Crippen MR) is 121 cm³/mol. The van der Waals surface area contributed by atoms with Crippen molar-refractivity contribution in [2.75, 3.05) is 31.2 Å². The van der Waals surface area contributed by atoms with Gasteiger partial charge in [0.05, 0.1) is 25.1 Å². The number of hydrogen-bond donors (Lipinski definition) is 1. The van der Waals surface area contributed by atoms with E-state index in [0.717, 1.165) is 56.5 Å². The molecular formula is C23H29N5OS. The van der Waals surface area contributed by atoms with Gasteiger partial charge in [-0.3, -0.25) is 0 Å². The molecule has 0 unspecified atom stereocenters. The van der Waals surface area contributed by atoms with Gasteiger partial charge in [-0.25, -0.2) is 9.67 Å². The normalized spacial score (nSPS) is 19.1. The zero-order valence-corrected chi connectivity index (χ0v) is 18.5. The number of anilines is 1. The zero-order valence-electron chi connectivity index (χ0n) is 17.7. The minimum atomic E-state index is 0.350. The van der Waals surface area contributed by atoms with Gasteiger partial charge in [0.25, 0.3) is 0 Å². The smallest absolute Gasteiger partial charge is 0.185 e. The lowest BCUT2D eigenvalue weighted by molar-refractivity contribution is 0.122. The standard InChI is InChI=1S/C23H29N5OS/c1-16-6-7-18(12-17(16)2)28-22-5-3-4-21(20(22)15-26-28)24-13-19-14-25-23(30-19)27-8-10-29-11-9-27/h6-7,12,14-15,21,24H,3-5,8-11,13H2,1-2H3/t21-/m1/s1. The minimum Gasteiger partial charge on any atom is -0.378 e. The number of aryl methyl sites for hydroxylation is 2. The molecule has 2 aromatic heterocycles. The third kappa shape index (κ3) is 3.89. The molecule has 5 rings (SSSR count). The van der Waals surface area contributed by atoms with Gasteiger partial charge >= 0.3 is 0 Å². The Morgan fingerprint density at radius 3 is 2.87 bits per heavy atom. The lowest BCUT2D eigenvalue weighted by atomic mass is 9.93. The Bertz CT molecular complexity index is 1020. The van der Waals surface area contributed by atoms with Gasteiger partial charge < -0.3 is 15.0 Å². The summed E-state index contributed by atoms with van der Waals surface area (Å²) in [5, 5.41) is 9.64. The van der Waals surface area contributed by atoms with E-state index >= 15 is 0 Å². The van der Waals surface area contributed by atoms with Crippen LogP contribution in [0, 0.1) is 13.8 Å². The van der Waals surface area contributed by atoms with Crippen LogP contribution in [0.3, 0.4) is 0 Å². The van der Waals surface area contributed by atoms with Gasteiger partial charge in [0.15, 0.2) is 5.13 Å². The molecule has 1 atom stereocenters. The summed E-state index contributed by atoms with van der Waals surface area (Å²) < 4.78 is 7.59. The maximum atomic E-state index is 5.45. The molecule has 0 amide bonds. The maximum Gasteiger partial charge on any atom is 0.185 e. The molecule has 2 aliphatic rings. The molecule has 0 spiro atoms. The number of ether oxygens (including phenoxy) is 1. The second-order valence-corrected chi connectivity index (χ2v) is 9.35. The first kappa shape index (κ1) is 19.7. The highest BCUT2D eigenvalue weighted by Crippen LogP contribution is 2.32. The fourth-order valence-corrected chi connectivity index (χ4v) is 5.26. The number of nitrogens with zero attached hydrogens (tertiary/aromatic N) is 4. The van der Waals surface area contributed by atoms with E-state index in [1.807, 2.05) is 6.20 Å². The Kier molecular flexibility index (Phi) is 5.58. The van der Waals surface area contributed by atoms with Crippen LogP contribution in [0.4, 0.5) is 5.13 Å². The fraction of sp³-hybridized carbons (Fsp3) is 0.478. The van der Waals surface area contributed by atoms with E-state index in [4.69, 9.17) is 9.84 Å². The minimum absolute atomic E-state index is 0.350. The van der Waals surface area contributed by atoms with E-state index in [1.54, 1.807) is 11.3 Å². The number of thiazole rings is 1. The lowest BCUT2D eigenvalue weighted by Crippen LogP contribution is -2.36. The highest BCUT2D eigenvalue weighted by Gasteiger charge is 2.25. The van der Waals surface area contributed by atoms with E-state index < -0.39 is 0 Å². The number of benzene rings is 1. The van der Waals surface area contributed by atoms with Crippen LogP contribution in [-0.4, -0.2) is 41.1 Å². The first-order valence-corrected chi connectivity index (χ1v) is 11.7. The van der Waals surface area contributed by atoms with Crippen molar-refractivity contribution in [3.63, 3.8) is 0 Å². The maximum absolute atomic E-state index is 5.45. The lowest BCUT2D eigenvalue weighted by Gasteiger charge is -2.26. The molecule has 3 aromatic rings. The number of rotatable bonds is 5. The second-order valence-electron chi connectivity index (χ2n) is 8.26. The number of hydrogen-bond acceptors (Lipinski definition) is 6. The Hall–Kier alpha value is -2.22. The number of fused-ring (bicyclic) bond motifs is 1. The number of nitrogens with one attached hydrogen (secondary N) is 1.